The summed E-state index contributed by atoms with van der Waals surface area (Å²) >= 11 is 0. The van der Waals surface area contributed by atoms with E-state index >= 15 is 0 Å². The largest absolute Gasteiger partial charge is 0.493 e. The zero-order chi connectivity index (χ0) is 45.4. The van der Waals surface area contributed by atoms with Gasteiger partial charge in [0.05, 0.1) is 49.9 Å². The lowest BCUT2D eigenvalue weighted by Gasteiger charge is -2.27. The molecule has 0 saturated carbocycles. The van der Waals surface area contributed by atoms with Gasteiger partial charge in [-0.25, -0.2) is 0 Å². The number of rotatable bonds is 22. The number of anilines is 3. The highest BCUT2D eigenvalue weighted by Crippen LogP contribution is 2.42. The van der Waals surface area contributed by atoms with E-state index in [0.29, 0.717) is 77.2 Å². The fourth-order valence-electron chi connectivity index (χ4n) is 6.89. The smallest absolute Gasteiger partial charge is 0.260 e. The summed E-state index contributed by atoms with van der Waals surface area (Å²) < 4.78 is 36.2. The minimum absolute atomic E-state index is 0.0252. The summed E-state index contributed by atoms with van der Waals surface area (Å²) in [4.78, 5) is 48.6. The van der Waals surface area contributed by atoms with E-state index in [-0.39, 0.29) is 44.4 Å². The molecule has 3 aromatic rings. The van der Waals surface area contributed by atoms with E-state index in [4.69, 9.17) is 34.2 Å². The monoisotopic (exact) mass is 887 g/mol. The zero-order valence-electron chi connectivity index (χ0n) is 38.2. The van der Waals surface area contributed by atoms with Crippen molar-refractivity contribution in [2.75, 3.05) is 83.7 Å². The highest BCUT2D eigenvalue weighted by molar-refractivity contribution is 6.76. The molecule has 1 atom stereocenters. The van der Waals surface area contributed by atoms with Crippen LogP contribution in [0.5, 0.6) is 23.0 Å². The zero-order valence-corrected chi connectivity index (χ0v) is 40.2. The number of amides is 3. The van der Waals surface area contributed by atoms with E-state index < -0.39 is 22.2 Å². The Morgan fingerprint density at radius 3 is 2.03 bits per heavy atom. The highest BCUT2D eigenvalue weighted by atomic mass is 28.3. The maximum atomic E-state index is 14.5. The van der Waals surface area contributed by atoms with E-state index in [9.17, 15) is 14.4 Å². The Morgan fingerprint density at radius 2 is 1.44 bits per heavy atom. The lowest BCUT2D eigenvalue weighted by Crippen LogP contribution is -2.45. The number of nitrogens with two attached hydrogens (primary N) is 1. The molecule has 2 aliphatic heterocycles. The van der Waals surface area contributed by atoms with Crippen LogP contribution in [0.1, 0.15) is 39.1 Å². The van der Waals surface area contributed by atoms with Crippen molar-refractivity contribution in [3.05, 3.63) is 84.2 Å². The number of nitrogens with zero attached hydrogens (tertiary/aromatic N) is 4. The predicted molar refractivity (Wildman–Crippen MR) is 251 cm³/mol. The Balaban J connectivity index is 1.35. The molecule has 5 rings (SSSR count). The molecule has 336 valence electrons. The van der Waals surface area contributed by atoms with Gasteiger partial charge in [0.15, 0.2) is 23.0 Å². The van der Waals surface area contributed by atoms with Crippen LogP contribution in [0.15, 0.2) is 67.5 Å². The van der Waals surface area contributed by atoms with E-state index in [2.05, 4.69) is 45.9 Å². The molecule has 2 N–H and O–H groups in total. The summed E-state index contributed by atoms with van der Waals surface area (Å²) in [6.45, 7) is 19.3. The molecule has 0 saturated heterocycles. The van der Waals surface area contributed by atoms with Crippen LogP contribution in [-0.4, -0.2) is 118 Å². The van der Waals surface area contributed by atoms with Gasteiger partial charge in [0.1, 0.15) is 19.5 Å². The second-order valence-corrected chi connectivity index (χ2v) is 29.3. The van der Waals surface area contributed by atoms with E-state index in [0.717, 1.165) is 23.2 Å². The molecule has 3 aromatic carbocycles. The Morgan fingerprint density at radius 1 is 0.839 bits per heavy atom. The normalized spacial score (nSPS) is 15.1. The van der Waals surface area contributed by atoms with Gasteiger partial charge in [-0.1, -0.05) is 58.0 Å². The highest BCUT2D eigenvalue weighted by Gasteiger charge is 2.43. The molecule has 3 amide bonds. The average molecular weight is 888 g/mol. The third kappa shape index (κ3) is 12.0. The fraction of sp³-hybridized carbons (Fsp3) is 0.457. The van der Waals surface area contributed by atoms with Gasteiger partial charge in [-0.05, 0) is 53.7 Å². The minimum atomic E-state index is -1.42. The molecule has 0 unspecified atom stereocenters. The average Bonchev–Trinajstić information content (AvgIpc) is 3.66. The van der Waals surface area contributed by atoms with Crippen LogP contribution in [0.2, 0.25) is 51.4 Å². The Kier molecular flexibility index (Phi) is 16.0. The van der Waals surface area contributed by atoms with Gasteiger partial charge in [-0.15, -0.1) is 0 Å². The van der Waals surface area contributed by atoms with Crippen molar-refractivity contribution in [1.29, 1.82) is 0 Å². The second kappa shape index (κ2) is 20.7. The van der Waals surface area contributed by atoms with Crippen molar-refractivity contribution in [2.45, 2.75) is 70.3 Å². The minimum Gasteiger partial charge on any atom is -0.493 e. The fourth-order valence-corrected chi connectivity index (χ4v) is 8.40. The van der Waals surface area contributed by atoms with Crippen molar-refractivity contribution in [3.8, 4) is 23.0 Å². The summed E-state index contributed by atoms with van der Waals surface area (Å²) in [5.74, 6) is 0.725. The van der Waals surface area contributed by atoms with Gasteiger partial charge in [-0.2, -0.15) is 0 Å². The molecule has 0 fully saturated rings. The van der Waals surface area contributed by atoms with Gasteiger partial charge < -0.3 is 48.9 Å². The number of carbonyl (C=O) groups excluding carboxylic acids is 3. The maximum absolute atomic E-state index is 14.5. The first kappa shape index (κ1) is 47.7. The number of nitrogen functional groups attached to an aromatic ring is 1. The van der Waals surface area contributed by atoms with Crippen LogP contribution < -0.4 is 34.5 Å². The van der Waals surface area contributed by atoms with Crippen molar-refractivity contribution in [1.82, 2.24) is 9.80 Å². The van der Waals surface area contributed by atoms with Crippen LogP contribution >= 0.6 is 0 Å². The number of ether oxygens (including phenoxy) is 6. The summed E-state index contributed by atoms with van der Waals surface area (Å²) in [6, 6.07) is 15.4. The summed E-state index contributed by atoms with van der Waals surface area (Å²) in [5, 5.41) is 0. The van der Waals surface area contributed by atoms with E-state index in [1.165, 1.54) is 30.2 Å². The third-order valence-corrected chi connectivity index (χ3v) is 14.1. The molecule has 16 heteroatoms. The van der Waals surface area contributed by atoms with Crippen molar-refractivity contribution in [3.63, 3.8) is 0 Å². The lowest BCUT2D eigenvalue weighted by molar-refractivity contribution is -0.122. The molecule has 0 radical (unpaired) electrons. The van der Waals surface area contributed by atoms with Crippen LogP contribution in [-0.2, 0) is 14.3 Å². The molecule has 0 bridgehead atoms. The predicted octanol–water partition coefficient (Wildman–Crippen LogP) is 8.01. The standard InChI is InChI=1S/C46H65N5O9Si2/c1-12-48(2)44(52)35-25-40(55-4)42(27-37(35)49(3)30-57-20-22-61(6,7)8)59-18-13-19-60-43-28-38-36(26-41(43)56-5)45(53)50-29-33(32-14-16-34(47)17-15-32)24-39(50)46(54)51(38)31-58-21-23-62(9,10)11/h12,14-17,25-29,39H,1,13,18-24,30-31,47H2,2-11H3/t39-/m0/s1. The van der Waals surface area contributed by atoms with Crippen LogP contribution in [0.25, 0.3) is 5.57 Å². The van der Waals surface area contributed by atoms with Gasteiger partial charge in [-0.3, -0.25) is 19.3 Å². The molecule has 2 heterocycles. The molecule has 62 heavy (non-hydrogen) atoms. The second-order valence-electron chi connectivity index (χ2n) is 18.1. The van der Waals surface area contributed by atoms with Gasteiger partial charge in [0.2, 0.25) is 0 Å². The number of hydrogen-bond donors (Lipinski definition) is 1. The van der Waals surface area contributed by atoms with Crippen LogP contribution in [0.4, 0.5) is 17.1 Å². The molecule has 0 aromatic heterocycles. The molecular formula is C46H65N5O9Si2. The molecule has 14 nitrogen and oxygen atoms in total. The number of benzene rings is 3. The Labute approximate surface area is 369 Å². The van der Waals surface area contributed by atoms with Crippen molar-refractivity contribution in [2.24, 2.45) is 0 Å². The quantitative estimate of drug-likeness (QED) is 0.0453. The first-order valence-electron chi connectivity index (χ1n) is 21.0. The molecule has 2 aliphatic rings. The lowest BCUT2D eigenvalue weighted by atomic mass is 10.0. The van der Waals surface area contributed by atoms with Gasteiger partial charge >= 0.3 is 0 Å². The first-order chi connectivity index (χ1) is 29.3. The topological polar surface area (TPSA) is 146 Å². The van der Waals surface area contributed by atoms with Gasteiger partial charge in [0.25, 0.3) is 17.7 Å². The summed E-state index contributed by atoms with van der Waals surface area (Å²) in [7, 11) is 3.86. The van der Waals surface area contributed by atoms with Crippen LogP contribution in [0, 0.1) is 0 Å². The first-order valence-corrected chi connectivity index (χ1v) is 28.4. The third-order valence-electron chi connectivity index (χ3n) is 10.7. The van der Waals surface area contributed by atoms with E-state index in [1.54, 1.807) is 54.5 Å². The Bertz CT molecular complexity index is 2120. The molecular weight excluding hydrogens is 823 g/mol. The number of fused-ring (bicyclic) bond motifs is 2. The molecule has 0 spiro atoms. The maximum Gasteiger partial charge on any atom is 0.260 e. The number of methoxy groups -OCH3 is 2. The van der Waals surface area contributed by atoms with Gasteiger partial charge in [0, 0.05) is 80.3 Å². The summed E-state index contributed by atoms with van der Waals surface area (Å²) in [6.07, 6.45) is 4.01. The number of carbonyl (C=O) groups is 3. The Hall–Kier alpha value is -5.30. The summed E-state index contributed by atoms with van der Waals surface area (Å²) in [5.41, 5.74) is 10.0. The number of hydrogen-bond acceptors (Lipinski definition) is 11. The van der Waals surface area contributed by atoms with Crippen molar-refractivity contribution < 1.29 is 42.8 Å². The van der Waals surface area contributed by atoms with Crippen LogP contribution in [0.3, 0.4) is 0 Å². The molecule has 0 aliphatic carbocycles. The van der Waals surface area contributed by atoms with Crippen molar-refractivity contribution >= 4 is 56.5 Å². The van der Waals surface area contributed by atoms with E-state index in [1.807, 2.05) is 24.1 Å². The SMILES string of the molecule is C=CN(C)C(=O)c1cc(OC)c(OCCCOc2cc3c(cc2OC)C(=O)N2C=C(c4ccc(N)cc4)C[C@H]2C(=O)N3COCC[Si](C)(C)C)cc1N(C)COCC[Si](C)(C)C.